The molecule has 1 aliphatic heterocycles. The van der Waals surface area contributed by atoms with Gasteiger partial charge in [0.1, 0.15) is 17.5 Å². The maximum atomic E-state index is 12.3. The smallest absolute Gasteiger partial charge is 0.334 e. The highest BCUT2D eigenvalue weighted by molar-refractivity contribution is 5.92. The molecular weight excluding hydrogens is 324 g/mol. The third kappa shape index (κ3) is 2.08. The van der Waals surface area contributed by atoms with E-state index in [1.165, 1.54) is 0 Å². The Morgan fingerprint density at radius 2 is 2.00 bits per heavy atom. The number of fused-ring (bicyclic) bond motifs is 2. The molecule has 1 heterocycles. The van der Waals surface area contributed by atoms with E-state index in [0.717, 1.165) is 5.57 Å². The number of Topliss-reactive ketones (excluding diaryl/α,β-unsaturated/α-hetero) is 1. The van der Waals surface area contributed by atoms with Crippen LogP contribution in [0, 0.1) is 23.7 Å². The van der Waals surface area contributed by atoms with Crippen molar-refractivity contribution >= 4 is 11.8 Å². The first-order valence-corrected chi connectivity index (χ1v) is 8.80. The molecule has 1 saturated heterocycles. The van der Waals surface area contributed by atoms with E-state index in [1.54, 1.807) is 19.9 Å². The predicted molar refractivity (Wildman–Crippen MR) is 87.2 cm³/mol. The van der Waals surface area contributed by atoms with Crippen LogP contribution in [-0.2, 0) is 14.3 Å². The molecule has 0 aromatic heterocycles. The van der Waals surface area contributed by atoms with Crippen LogP contribution in [0.15, 0.2) is 23.8 Å². The Bertz CT molecular complexity index is 707. The van der Waals surface area contributed by atoms with Gasteiger partial charge in [0.2, 0.25) is 0 Å². The summed E-state index contributed by atoms with van der Waals surface area (Å²) in [7, 11) is 0. The summed E-state index contributed by atoms with van der Waals surface area (Å²) in [5.41, 5.74) is -1.69. The SMILES string of the molecule is C=C(C)[C@@H]1CC(=O)C[C@H](O)[C@@]2(O)[C@H]1C=C1C(=O)O[C@H]3[C@@H]1[C@@H]2C[C@@]3(C)O. The second kappa shape index (κ2) is 5.02. The van der Waals surface area contributed by atoms with E-state index in [0.29, 0.717) is 5.57 Å². The highest BCUT2D eigenvalue weighted by atomic mass is 16.6. The van der Waals surface area contributed by atoms with Crippen molar-refractivity contribution < 1.29 is 29.6 Å². The van der Waals surface area contributed by atoms with Gasteiger partial charge in [0.25, 0.3) is 0 Å². The molecule has 25 heavy (non-hydrogen) atoms. The number of aliphatic hydroxyl groups is 3. The van der Waals surface area contributed by atoms with Gasteiger partial charge in [0.05, 0.1) is 11.7 Å². The number of rotatable bonds is 1. The molecule has 0 radical (unpaired) electrons. The fraction of sp³-hybridized carbons (Fsp3) is 0.684. The van der Waals surface area contributed by atoms with Gasteiger partial charge in [-0.1, -0.05) is 18.2 Å². The van der Waals surface area contributed by atoms with Gasteiger partial charge in [-0.05, 0) is 26.2 Å². The summed E-state index contributed by atoms with van der Waals surface area (Å²) in [4.78, 5) is 24.6. The maximum Gasteiger partial charge on any atom is 0.334 e. The van der Waals surface area contributed by atoms with Crippen molar-refractivity contribution in [2.24, 2.45) is 23.7 Å². The lowest BCUT2D eigenvalue weighted by atomic mass is 9.59. The Kier molecular flexibility index (Phi) is 3.40. The van der Waals surface area contributed by atoms with Crippen molar-refractivity contribution in [2.75, 3.05) is 0 Å². The van der Waals surface area contributed by atoms with Crippen molar-refractivity contribution in [3.63, 3.8) is 0 Å². The van der Waals surface area contributed by atoms with Crippen LogP contribution in [0.4, 0.5) is 0 Å². The minimum Gasteiger partial charge on any atom is -0.455 e. The molecule has 3 N–H and O–H groups in total. The van der Waals surface area contributed by atoms with Crippen LogP contribution in [0.3, 0.4) is 0 Å². The summed E-state index contributed by atoms with van der Waals surface area (Å²) in [5, 5.41) is 33.2. The van der Waals surface area contributed by atoms with E-state index < -0.39 is 47.1 Å². The van der Waals surface area contributed by atoms with E-state index in [9.17, 15) is 24.9 Å². The highest BCUT2D eigenvalue weighted by Crippen LogP contribution is 2.60. The number of carbonyl (C=O) groups is 2. The standard InChI is InChI=1S/C19H24O6/c1-8(2)10-4-9(20)5-14(21)19(24)12(10)6-11-15-13(19)7-18(3,23)16(15)25-17(11)22/h6,10,12-16,21,23-24H,1,4-5,7H2,2-3H3/t10-,12-,13-,14-,15-,16-,18+,19+/m0/s1. The molecule has 0 aromatic carbocycles. The largest absolute Gasteiger partial charge is 0.455 e. The first-order chi connectivity index (χ1) is 11.6. The molecule has 0 spiro atoms. The minimum atomic E-state index is -1.60. The Balaban J connectivity index is 1.92. The number of esters is 1. The summed E-state index contributed by atoms with van der Waals surface area (Å²) >= 11 is 0. The van der Waals surface area contributed by atoms with Crippen LogP contribution in [0.25, 0.3) is 0 Å². The van der Waals surface area contributed by atoms with Gasteiger partial charge >= 0.3 is 5.97 Å². The first kappa shape index (κ1) is 16.9. The third-order valence-corrected chi connectivity index (χ3v) is 6.79. The Hall–Kier alpha value is -1.50. The number of allylic oxidation sites excluding steroid dienone is 1. The van der Waals surface area contributed by atoms with Crippen LogP contribution < -0.4 is 0 Å². The van der Waals surface area contributed by atoms with E-state index in [-0.39, 0.29) is 31.0 Å². The molecule has 0 bridgehead atoms. The van der Waals surface area contributed by atoms with Crippen molar-refractivity contribution in [2.45, 2.75) is 56.5 Å². The lowest BCUT2D eigenvalue weighted by molar-refractivity contribution is -0.160. The molecule has 8 atom stereocenters. The summed E-state index contributed by atoms with van der Waals surface area (Å²) in [6.07, 6.45) is -0.0570. The van der Waals surface area contributed by atoms with Crippen molar-refractivity contribution in [3.05, 3.63) is 23.8 Å². The molecule has 2 saturated carbocycles. The van der Waals surface area contributed by atoms with Gasteiger partial charge in [0, 0.05) is 36.2 Å². The topological polar surface area (TPSA) is 104 Å². The van der Waals surface area contributed by atoms with Crippen molar-refractivity contribution in [1.82, 2.24) is 0 Å². The quantitative estimate of drug-likeness (QED) is 0.471. The molecular formula is C19H24O6. The zero-order valence-electron chi connectivity index (χ0n) is 14.4. The van der Waals surface area contributed by atoms with Crippen molar-refractivity contribution in [3.8, 4) is 0 Å². The van der Waals surface area contributed by atoms with E-state index in [4.69, 9.17) is 4.74 Å². The molecule has 6 nitrogen and oxygen atoms in total. The zero-order chi connectivity index (χ0) is 18.3. The Morgan fingerprint density at radius 3 is 2.64 bits per heavy atom. The summed E-state index contributed by atoms with van der Waals surface area (Å²) in [6, 6.07) is 0. The number of carbonyl (C=O) groups excluding carboxylic acids is 2. The molecule has 4 rings (SSSR count). The van der Waals surface area contributed by atoms with Gasteiger partial charge in [-0.25, -0.2) is 4.79 Å². The lowest BCUT2D eigenvalue weighted by Crippen LogP contribution is -2.58. The van der Waals surface area contributed by atoms with Gasteiger partial charge in [-0.15, -0.1) is 0 Å². The average molecular weight is 348 g/mol. The zero-order valence-corrected chi connectivity index (χ0v) is 14.4. The van der Waals surface area contributed by atoms with Gasteiger partial charge in [-0.2, -0.15) is 0 Å². The molecule has 3 aliphatic carbocycles. The summed E-state index contributed by atoms with van der Waals surface area (Å²) < 4.78 is 5.41. The normalized spacial score (nSPS) is 51.3. The van der Waals surface area contributed by atoms with Crippen LogP contribution in [0.2, 0.25) is 0 Å². The van der Waals surface area contributed by atoms with Gasteiger partial charge in [-0.3, -0.25) is 4.79 Å². The molecule has 0 unspecified atom stereocenters. The third-order valence-electron chi connectivity index (χ3n) is 6.79. The summed E-state index contributed by atoms with van der Waals surface area (Å²) in [5.74, 6) is -2.59. The monoisotopic (exact) mass is 348 g/mol. The van der Waals surface area contributed by atoms with Gasteiger partial charge in [0.15, 0.2) is 0 Å². The summed E-state index contributed by atoms with van der Waals surface area (Å²) in [6.45, 7) is 7.34. The van der Waals surface area contributed by atoms with E-state index in [2.05, 4.69) is 6.58 Å². The molecule has 0 amide bonds. The van der Waals surface area contributed by atoms with Crippen LogP contribution >= 0.6 is 0 Å². The van der Waals surface area contributed by atoms with Crippen LogP contribution in [0.1, 0.15) is 33.1 Å². The second-order valence-corrected chi connectivity index (χ2v) is 8.47. The highest BCUT2D eigenvalue weighted by Gasteiger charge is 2.69. The average Bonchev–Trinajstić information content (AvgIpc) is 2.93. The predicted octanol–water partition coefficient (Wildman–Crippen LogP) is 0.502. The van der Waals surface area contributed by atoms with Crippen LogP contribution in [0.5, 0.6) is 0 Å². The molecule has 6 heteroatoms. The second-order valence-electron chi connectivity index (χ2n) is 8.47. The number of hydrogen-bond acceptors (Lipinski definition) is 6. The fourth-order valence-corrected chi connectivity index (χ4v) is 5.61. The Morgan fingerprint density at radius 1 is 1.32 bits per heavy atom. The molecule has 136 valence electrons. The number of hydrogen-bond donors (Lipinski definition) is 3. The first-order valence-electron chi connectivity index (χ1n) is 8.80. The number of ketones is 1. The minimum absolute atomic E-state index is 0.129. The molecule has 3 fully saturated rings. The Labute approximate surface area is 146 Å². The van der Waals surface area contributed by atoms with Crippen LogP contribution in [-0.4, -0.2) is 50.5 Å². The van der Waals surface area contributed by atoms with E-state index >= 15 is 0 Å². The van der Waals surface area contributed by atoms with E-state index in [1.807, 2.05) is 0 Å². The molecule has 0 aromatic rings. The van der Waals surface area contributed by atoms with Gasteiger partial charge < -0.3 is 20.1 Å². The molecule has 4 aliphatic rings. The van der Waals surface area contributed by atoms with Crippen molar-refractivity contribution in [1.29, 1.82) is 0 Å². The number of ether oxygens (including phenoxy) is 1. The fourth-order valence-electron chi connectivity index (χ4n) is 5.61. The number of aliphatic hydroxyl groups excluding tert-OH is 1. The lowest BCUT2D eigenvalue weighted by Gasteiger charge is -2.48. The maximum absolute atomic E-state index is 12.3.